The van der Waals surface area contributed by atoms with Gasteiger partial charge in [-0.05, 0) is 36.4 Å². The molecule has 26 heavy (non-hydrogen) atoms. The number of nitrogens with one attached hydrogen (secondary N) is 2. The number of carbonyl (C=O) groups excluding carboxylic acids is 1. The normalized spacial score (nSPS) is 10.7. The summed E-state index contributed by atoms with van der Waals surface area (Å²) in [5.74, 6) is 0.726. The summed E-state index contributed by atoms with van der Waals surface area (Å²) in [5.41, 5.74) is 4.24. The lowest BCUT2D eigenvalue weighted by Gasteiger charge is -2.19. The Bertz CT molecular complexity index is 1020. The van der Waals surface area contributed by atoms with Crippen LogP contribution in [0.1, 0.15) is 0 Å². The average molecular weight is 342 g/mol. The van der Waals surface area contributed by atoms with Gasteiger partial charge in [-0.25, -0.2) is 9.78 Å². The van der Waals surface area contributed by atoms with Crippen LogP contribution in [0.15, 0.2) is 78.9 Å². The first-order valence-electron chi connectivity index (χ1n) is 8.36. The third kappa shape index (κ3) is 3.02. The number of H-pyrrole nitrogens is 1. The van der Waals surface area contributed by atoms with E-state index in [0.717, 1.165) is 28.1 Å². The third-order valence-electron chi connectivity index (χ3n) is 4.26. The van der Waals surface area contributed by atoms with Crippen LogP contribution >= 0.6 is 0 Å². The second kappa shape index (κ2) is 6.72. The zero-order valence-electron chi connectivity index (χ0n) is 14.3. The monoisotopic (exact) mass is 342 g/mol. The molecule has 0 aliphatic carbocycles. The van der Waals surface area contributed by atoms with Crippen molar-refractivity contribution < 1.29 is 4.79 Å². The van der Waals surface area contributed by atoms with E-state index in [1.54, 1.807) is 11.9 Å². The van der Waals surface area contributed by atoms with Crippen molar-refractivity contribution in [2.24, 2.45) is 0 Å². The molecule has 4 rings (SSSR count). The molecule has 5 nitrogen and oxygen atoms in total. The molecule has 0 saturated heterocycles. The van der Waals surface area contributed by atoms with Crippen LogP contribution in [0.4, 0.5) is 16.2 Å². The van der Waals surface area contributed by atoms with Crippen LogP contribution in [0, 0.1) is 0 Å². The number of urea groups is 1. The number of benzene rings is 3. The molecular formula is C21H18N4O. The number of hydrogen-bond donors (Lipinski definition) is 2. The summed E-state index contributed by atoms with van der Waals surface area (Å²) in [4.78, 5) is 22.2. The average Bonchev–Trinajstić information content (AvgIpc) is 3.12. The van der Waals surface area contributed by atoms with Crippen LogP contribution in [0.3, 0.4) is 0 Å². The van der Waals surface area contributed by atoms with Gasteiger partial charge in [0.15, 0.2) is 0 Å². The SMILES string of the molecule is CN(C(=O)Nc1ccccc1-c1nc2ccccc2[nH]1)c1ccccc1. The Morgan fingerprint density at radius 2 is 1.62 bits per heavy atom. The fourth-order valence-corrected chi connectivity index (χ4v) is 2.85. The molecule has 0 unspecified atom stereocenters. The van der Waals surface area contributed by atoms with Crippen LogP contribution < -0.4 is 10.2 Å². The lowest BCUT2D eigenvalue weighted by molar-refractivity contribution is 0.258. The fraction of sp³-hybridized carbons (Fsp3) is 0.0476. The van der Waals surface area contributed by atoms with Crippen molar-refractivity contribution in [1.29, 1.82) is 0 Å². The Morgan fingerprint density at radius 3 is 2.42 bits per heavy atom. The molecule has 128 valence electrons. The molecule has 1 heterocycles. The number of nitrogens with zero attached hydrogens (tertiary/aromatic N) is 2. The molecule has 0 bridgehead atoms. The molecule has 0 atom stereocenters. The van der Waals surface area contributed by atoms with E-state index in [2.05, 4.69) is 15.3 Å². The Hall–Kier alpha value is -3.60. The Kier molecular flexibility index (Phi) is 4.11. The molecule has 0 aliphatic heterocycles. The van der Waals surface area contributed by atoms with E-state index in [-0.39, 0.29) is 6.03 Å². The molecule has 2 N–H and O–H groups in total. The summed E-state index contributed by atoms with van der Waals surface area (Å²) in [6.45, 7) is 0. The summed E-state index contributed by atoms with van der Waals surface area (Å²) in [5, 5.41) is 2.98. The molecule has 3 aromatic carbocycles. The predicted molar refractivity (Wildman–Crippen MR) is 105 cm³/mol. The van der Waals surface area contributed by atoms with Gasteiger partial charge in [-0.15, -0.1) is 0 Å². The molecule has 2 amide bonds. The van der Waals surface area contributed by atoms with E-state index in [1.807, 2.05) is 78.9 Å². The van der Waals surface area contributed by atoms with Gasteiger partial charge in [-0.2, -0.15) is 0 Å². The van der Waals surface area contributed by atoms with Crippen molar-refractivity contribution in [3.05, 3.63) is 78.9 Å². The van der Waals surface area contributed by atoms with Crippen molar-refractivity contribution in [3.63, 3.8) is 0 Å². The van der Waals surface area contributed by atoms with Gasteiger partial charge in [-0.1, -0.05) is 42.5 Å². The van der Waals surface area contributed by atoms with Gasteiger partial charge in [0.2, 0.25) is 0 Å². The Balaban J connectivity index is 1.64. The molecular weight excluding hydrogens is 324 g/mol. The molecule has 0 radical (unpaired) electrons. The second-order valence-electron chi connectivity index (χ2n) is 5.97. The predicted octanol–water partition coefficient (Wildman–Crippen LogP) is 4.90. The lowest BCUT2D eigenvalue weighted by atomic mass is 10.1. The zero-order valence-corrected chi connectivity index (χ0v) is 14.3. The van der Waals surface area contributed by atoms with E-state index in [0.29, 0.717) is 5.69 Å². The van der Waals surface area contributed by atoms with Crippen LogP contribution in [0.2, 0.25) is 0 Å². The van der Waals surface area contributed by atoms with Crippen molar-refractivity contribution >= 4 is 28.4 Å². The lowest BCUT2D eigenvalue weighted by Crippen LogP contribution is -2.31. The second-order valence-corrected chi connectivity index (χ2v) is 5.97. The van der Waals surface area contributed by atoms with Crippen molar-refractivity contribution in [2.45, 2.75) is 0 Å². The number of para-hydroxylation sites is 4. The van der Waals surface area contributed by atoms with Gasteiger partial charge in [0.05, 0.1) is 16.7 Å². The van der Waals surface area contributed by atoms with E-state index >= 15 is 0 Å². The van der Waals surface area contributed by atoms with Crippen LogP contribution in [-0.4, -0.2) is 23.0 Å². The topological polar surface area (TPSA) is 61.0 Å². The Morgan fingerprint density at radius 1 is 0.923 bits per heavy atom. The third-order valence-corrected chi connectivity index (χ3v) is 4.26. The summed E-state index contributed by atoms with van der Waals surface area (Å²) in [6.07, 6.45) is 0. The Labute approximate surface area is 151 Å². The van der Waals surface area contributed by atoms with Crippen LogP contribution in [0.25, 0.3) is 22.4 Å². The number of carbonyl (C=O) groups is 1. The van der Waals surface area contributed by atoms with Crippen molar-refractivity contribution in [2.75, 3.05) is 17.3 Å². The molecule has 0 aliphatic rings. The minimum atomic E-state index is -0.209. The molecule has 1 aromatic heterocycles. The van der Waals surface area contributed by atoms with Gasteiger partial charge in [-0.3, -0.25) is 4.90 Å². The van der Waals surface area contributed by atoms with E-state index in [9.17, 15) is 4.79 Å². The number of aromatic amines is 1. The number of hydrogen-bond acceptors (Lipinski definition) is 2. The number of fused-ring (bicyclic) bond motifs is 1. The summed E-state index contributed by atoms with van der Waals surface area (Å²) >= 11 is 0. The van der Waals surface area contributed by atoms with Crippen LogP contribution in [0.5, 0.6) is 0 Å². The molecule has 0 spiro atoms. The maximum atomic E-state index is 12.7. The summed E-state index contributed by atoms with van der Waals surface area (Å²) < 4.78 is 0. The quantitative estimate of drug-likeness (QED) is 0.556. The number of rotatable bonds is 3. The van der Waals surface area contributed by atoms with Crippen molar-refractivity contribution in [3.8, 4) is 11.4 Å². The first-order chi connectivity index (χ1) is 12.7. The summed E-state index contributed by atoms with van der Waals surface area (Å²) in [7, 11) is 1.74. The van der Waals surface area contributed by atoms with E-state index in [1.165, 1.54) is 0 Å². The van der Waals surface area contributed by atoms with E-state index in [4.69, 9.17) is 0 Å². The highest BCUT2D eigenvalue weighted by Gasteiger charge is 2.15. The number of anilines is 2. The fourth-order valence-electron chi connectivity index (χ4n) is 2.85. The molecule has 4 aromatic rings. The van der Waals surface area contributed by atoms with Gasteiger partial charge in [0.25, 0.3) is 0 Å². The largest absolute Gasteiger partial charge is 0.338 e. The molecule has 0 fully saturated rings. The first-order valence-corrected chi connectivity index (χ1v) is 8.36. The highest BCUT2D eigenvalue weighted by Crippen LogP contribution is 2.28. The van der Waals surface area contributed by atoms with Crippen LogP contribution in [-0.2, 0) is 0 Å². The van der Waals surface area contributed by atoms with E-state index < -0.39 is 0 Å². The van der Waals surface area contributed by atoms with Crippen molar-refractivity contribution in [1.82, 2.24) is 9.97 Å². The smallest absolute Gasteiger partial charge is 0.326 e. The maximum absolute atomic E-state index is 12.7. The highest BCUT2D eigenvalue weighted by molar-refractivity contribution is 6.03. The number of aromatic nitrogens is 2. The minimum Gasteiger partial charge on any atom is -0.338 e. The number of imidazole rings is 1. The summed E-state index contributed by atoms with van der Waals surface area (Å²) in [6, 6.07) is 24.8. The highest BCUT2D eigenvalue weighted by atomic mass is 16.2. The van der Waals surface area contributed by atoms with Gasteiger partial charge < -0.3 is 10.3 Å². The first kappa shape index (κ1) is 15.9. The van der Waals surface area contributed by atoms with Gasteiger partial charge in [0, 0.05) is 18.3 Å². The number of amides is 2. The van der Waals surface area contributed by atoms with Gasteiger partial charge in [0.1, 0.15) is 5.82 Å². The van der Waals surface area contributed by atoms with Gasteiger partial charge >= 0.3 is 6.03 Å². The standard InChI is InChI=1S/C21H18N4O/c1-25(15-9-3-2-4-10-15)21(26)24-17-12-6-5-11-16(17)20-22-18-13-7-8-14-19(18)23-20/h2-14H,1H3,(H,22,23)(H,24,26). The minimum absolute atomic E-state index is 0.209. The zero-order chi connectivity index (χ0) is 17.9. The molecule has 5 heteroatoms. The maximum Gasteiger partial charge on any atom is 0.326 e. The molecule has 0 saturated carbocycles.